The third-order valence-corrected chi connectivity index (χ3v) is 5.03. The summed E-state index contributed by atoms with van der Waals surface area (Å²) in [4.78, 5) is 20.6. The molecule has 164 valence electrons. The van der Waals surface area contributed by atoms with Gasteiger partial charge in [-0.25, -0.2) is 9.97 Å². The molecule has 0 spiro atoms. The lowest BCUT2D eigenvalue weighted by Crippen LogP contribution is -2.17. The van der Waals surface area contributed by atoms with Crippen LogP contribution in [0.5, 0.6) is 0 Å². The average Bonchev–Trinajstić information content (AvgIpc) is 2.82. The van der Waals surface area contributed by atoms with Crippen molar-refractivity contribution in [2.75, 3.05) is 25.2 Å². The lowest BCUT2D eigenvalue weighted by atomic mass is 10.1. The molecule has 0 aliphatic carbocycles. The minimum atomic E-state index is -0.848. The summed E-state index contributed by atoms with van der Waals surface area (Å²) in [5, 5.41) is 5.82. The van der Waals surface area contributed by atoms with Gasteiger partial charge in [0.2, 0.25) is 5.95 Å². The topological polar surface area (TPSA) is 84.0 Å². The maximum absolute atomic E-state index is 11.8. The van der Waals surface area contributed by atoms with Crippen molar-refractivity contribution in [3.05, 3.63) is 71.9 Å². The van der Waals surface area contributed by atoms with E-state index in [1.807, 2.05) is 70.2 Å². The molecule has 0 saturated carbocycles. The van der Waals surface area contributed by atoms with Gasteiger partial charge in [-0.05, 0) is 37.6 Å². The number of aromatic nitrogens is 2. The fourth-order valence-corrected chi connectivity index (χ4v) is 2.35. The highest BCUT2D eigenvalue weighted by atomic mass is 31.1. The summed E-state index contributed by atoms with van der Waals surface area (Å²) in [5.74, 6) is 0.366. The van der Waals surface area contributed by atoms with Crippen molar-refractivity contribution in [1.29, 1.82) is 0 Å². The van der Waals surface area contributed by atoms with Crippen LogP contribution in [-0.4, -0.2) is 35.7 Å². The first-order valence-electron chi connectivity index (χ1n) is 10.3. The van der Waals surface area contributed by atoms with E-state index >= 15 is 0 Å². The zero-order valence-electron chi connectivity index (χ0n) is 19.1. The third kappa shape index (κ3) is 8.65. The number of hydrogen-bond acceptors (Lipinski definition) is 5. The van der Waals surface area contributed by atoms with Gasteiger partial charge < -0.3 is 10.6 Å². The smallest absolute Gasteiger partial charge is 0.335 e. The molecule has 1 atom stereocenters. The molecular weight excluding hydrogens is 407 g/mol. The van der Waals surface area contributed by atoms with E-state index in [9.17, 15) is 9.36 Å². The second-order valence-corrected chi connectivity index (χ2v) is 8.20. The number of amides is 1. The van der Waals surface area contributed by atoms with Gasteiger partial charge in [-0.1, -0.05) is 54.8 Å². The largest absolute Gasteiger partial charge is 0.355 e. The average molecular weight is 440 g/mol. The molecule has 1 aromatic heterocycles. The van der Waals surface area contributed by atoms with Gasteiger partial charge in [-0.15, -0.1) is 0 Å². The normalized spacial score (nSPS) is 9.94. The van der Waals surface area contributed by atoms with Crippen LogP contribution >= 0.6 is 7.80 Å². The molecule has 0 fully saturated rings. The van der Waals surface area contributed by atoms with Gasteiger partial charge in [0, 0.05) is 30.1 Å². The summed E-state index contributed by atoms with van der Waals surface area (Å²) in [6, 6.07) is 17.3. The number of nitrogens with zero attached hydrogens (tertiary/aromatic N) is 2. The molecule has 2 aromatic carbocycles. The van der Waals surface area contributed by atoms with Crippen LogP contribution in [0, 0.1) is 6.92 Å². The van der Waals surface area contributed by atoms with Gasteiger partial charge in [-0.3, -0.25) is 4.79 Å². The zero-order valence-corrected chi connectivity index (χ0v) is 20.0. The van der Waals surface area contributed by atoms with Crippen LogP contribution in [0.3, 0.4) is 0 Å². The van der Waals surface area contributed by atoms with Crippen LogP contribution in [0.25, 0.3) is 11.3 Å². The zero-order chi connectivity index (χ0) is 23.2. The van der Waals surface area contributed by atoms with Crippen molar-refractivity contribution < 1.29 is 9.36 Å². The molecule has 0 aliphatic rings. The van der Waals surface area contributed by atoms with Crippen LogP contribution in [-0.2, 0) is 4.57 Å². The molecule has 1 amide bonds. The SMILES string of the molecule is CC.CC[P+](C)=O.CNC(=O)c1ccc(C)c(Nc2nccc(-c3ccccc3)n2)c1. The van der Waals surface area contributed by atoms with E-state index < -0.39 is 7.80 Å². The molecule has 1 unspecified atom stereocenters. The Hall–Kier alpha value is -3.11. The molecule has 6 nitrogen and oxygen atoms in total. The second kappa shape index (κ2) is 14.0. The predicted octanol–water partition coefficient (Wildman–Crippen LogP) is 6.04. The van der Waals surface area contributed by atoms with Gasteiger partial charge in [0.1, 0.15) is 12.8 Å². The number of hydrogen-bond donors (Lipinski definition) is 2. The Morgan fingerprint density at radius 1 is 1.06 bits per heavy atom. The molecular formula is C24H32N4O2P+. The maximum Gasteiger partial charge on any atom is 0.335 e. The fourth-order valence-electron chi connectivity index (χ4n) is 2.35. The number of aryl methyl sites for hydroxylation is 1. The fraction of sp³-hybridized carbons (Fsp3) is 0.292. The number of nitrogens with one attached hydrogen (secondary N) is 2. The Kier molecular flexibility index (Phi) is 11.7. The molecule has 0 aliphatic heterocycles. The molecule has 7 heteroatoms. The standard InChI is InChI=1S/C19H18N4O.C3H8OP.C2H6/c1-13-8-9-15(18(24)20-2)12-17(13)23-19-21-11-10-16(22-19)14-6-4-3-5-7-14;1-3-5(2)4;1-2/h3-12H,1-2H3,(H,20,24)(H,21,22,23);3H2,1-2H3;1-2H3/q;+1;. The molecule has 2 N–H and O–H groups in total. The molecule has 1 heterocycles. The lowest BCUT2D eigenvalue weighted by Gasteiger charge is -2.11. The van der Waals surface area contributed by atoms with Crippen LogP contribution < -0.4 is 10.6 Å². The van der Waals surface area contributed by atoms with Crippen LogP contribution in [0.1, 0.15) is 36.7 Å². The Morgan fingerprint density at radius 3 is 2.29 bits per heavy atom. The first kappa shape index (κ1) is 25.9. The molecule has 31 heavy (non-hydrogen) atoms. The second-order valence-electron chi connectivity index (χ2n) is 6.31. The Labute approximate surface area is 186 Å². The summed E-state index contributed by atoms with van der Waals surface area (Å²) in [6.07, 6.45) is 2.53. The van der Waals surface area contributed by atoms with Crippen molar-refractivity contribution in [3.8, 4) is 11.3 Å². The number of rotatable bonds is 5. The predicted molar refractivity (Wildman–Crippen MR) is 131 cm³/mol. The van der Waals surface area contributed by atoms with Crippen molar-refractivity contribution in [3.63, 3.8) is 0 Å². The maximum atomic E-state index is 11.8. The van der Waals surface area contributed by atoms with E-state index in [0.29, 0.717) is 11.5 Å². The van der Waals surface area contributed by atoms with Gasteiger partial charge in [0.25, 0.3) is 5.91 Å². The summed E-state index contributed by atoms with van der Waals surface area (Å²) in [5.41, 5.74) is 4.27. The number of carbonyl (C=O) groups is 1. The van der Waals surface area contributed by atoms with Crippen LogP contribution in [0.4, 0.5) is 11.6 Å². The van der Waals surface area contributed by atoms with Crippen molar-refractivity contribution in [2.45, 2.75) is 27.7 Å². The summed E-state index contributed by atoms with van der Waals surface area (Å²) in [6.45, 7) is 9.62. The number of benzene rings is 2. The summed E-state index contributed by atoms with van der Waals surface area (Å²) < 4.78 is 9.96. The Balaban J connectivity index is 0.000000605. The van der Waals surface area contributed by atoms with E-state index in [1.165, 1.54) is 0 Å². The van der Waals surface area contributed by atoms with Crippen molar-refractivity contribution in [1.82, 2.24) is 15.3 Å². The van der Waals surface area contributed by atoms with Gasteiger partial charge in [-0.2, -0.15) is 0 Å². The molecule has 0 saturated heterocycles. The van der Waals surface area contributed by atoms with Crippen LogP contribution in [0.2, 0.25) is 0 Å². The molecule has 0 bridgehead atoms. The Bertz CT molecular complexity index is 978. The van der Waals surface area contributed by atoms with Crippen molar-refractivity contribution in [2.24, 2.45) is 0 Å². The third-order valence-electron chi connectivity index (χ3n) is 4.14. The molecule has 0 radical (unpaired) electrons. The monoisotopic (exact) mass is 439 g/mol. The summed E-state index contributed by atoms with van der Waals surface area (Å²) in [7, 11) is 0.765. The minimum Gasteiger partial charge on any atom is -0.355 e. The highest BCUT2D eigenvalue weighted by Crippen LogP contribution is 2.22. The van der Waals surface area contributed by atoms with Crippen molar-refractivity contribution >= 4 is 25.3 Å². The van der Waals surface area contributed by atoms with Gasteiger partial charge in [0.05, 0.1) is 5.69 Å². The van der Waals surface area contributed by atoms with E-state index in [4.69, 9.17) is 0 Å². The van der Waals surface area contributed by atoms with E-state index in [0.717, 1.165) is 28.7 Å². The minimum absolute atomic E-state index is 0.128. The lowest BCUT2D eigenvalue weighted by molar-refractivity contribution is 0.0963. The first-order chi connectivity index (χ1) is 14.9. The number of carbonyl (C=O) groups excluding carboxylic acids is 1. The van der Waals surface area contributed by atoms with Crippen LogP contribution in [0.15, 0.2) is 60.8 Å². The Morgan fingerprint density at radius 2 is 1.71 bits per heavy atom. The van der Waals surface area contributed by atoms with E-state index in [-0.39, 0.29) is 5.91 Å². The summed E-state index contributed by atoms with van der Waals surface area (Å²) >= 11 is 0. The quantitative estimate of drug-likeness (QED) is 0.473. The van der Waals surface area contributed by atoms with E-state index in [2.05, 4.69) is 20.6 Å². The number of anilines is 2. The van der Waals surface area contributed by atoms with E-state index in [1.54, 1.807) is 32.0 Å². The first-order valence-corrected chi connectivity index (χ1v) is 12.2. The molecule has 3 rings (SSSR count). The van der Waals surface area contributed by atoms with Gasteiger partial charge in [0.15, 0.2) is 0 Å². The van der Waals surface area contributed by atoms with Gasteiger partial charge >= 0.3 is 7.80 Å². The molecule has 3 aromatic rings. The highest BCUT2D eigenvalue weighted by Gasteiger charge is 2.08. The highest BCUT2D eigenvalue weighted by molar-refractivity contribution is 7.43.